The molecule has 1 aromatic carbocycles. The van der Waals surface area contributed by atoms with Crippen molar-refractivity contribution in [2.45, 2.75) is 33.2 Å². The predicted octanol–water partition coefficient (Wildman–Crippen LogP) is 2.88. The van der Waals surface area contributed by atoms with Gasteiger partial charge < -0.3 is 9.67 Å². The number of aromatic nitrogens is 2. The normalized spacial score (nSPS) is 14.6. The molecule has 4 nitrogen and oxygen atoms in total. The first-order valence-electron chi connectivity index (χ1n) is 6.25. The number of rotatable bonds is 4. The van der Waals surface area contributed by atoms with Crippen LogP contribution in [-0.2, 0) is 11.2 Å². The highest BCUT2D eigenvalue weighted by molar-refractivity contribution is 5.77. The Kier molecular flexibility index (Phi) is 3.36. The molecule has 0 bridgehead atoms. The Hall–Kier alpha value is -1.84. The van der Waals surface area contributed by atoms with Gasteiger partial charge in [0, 0.05) is 12.5 Å². The summed E-state index contributed by atoms with van der Waals surface area (Å²) < 4.78 is 2.05. The average Bonchev–Trinajstić information content (AvgIpc) is 2.75. The van der Waals surface area contributed by atoms with Gasteiger partial charge in [0.25, 0.3) is 0 Å². The zero-order chi connectivity index (χ0) is 13.3. The molecule has 2 rings (SSSR count). The molecule has 0 spiro atoms. The highest BCUT2D eigenvalue weighted by Crippen LogP contribution is 2.26. The summed E-state index contributed by atoms with van der Waals surface area (Å²) in [5.41, 5.74) is 1.94. The van der Waals surface area contributed by atoms with Crippen molar-refractivity contribution in [3.63, 3.8) is 0 Å². The third-order valence-electron chi connectivity index (χ3n) is 3.51. The van der Waals surface area contributed by atoms with E-state index in [9.17, 15) is 4.79 Å². The lowest BCUT2D eigenvalue weighted by Crippen LogP contribution is -2.22. The number of carbonyl (C=O) groups is 1. The molecule has 2 aromatic rings. The van der Waals surface area contributed by atoms with Crippen LogP contribution in [0.15, 0.2) is 24.3 Å². The number of nitrogens with zero attached hydrogens (tertiary/aromatic N) is 2. The van der Waals surface area contributed by atoms with E-state index in [4.69, 9.17) is 5.11 Å². The van der Waals surface area contributed by atoms with E-state index in [-0.39, 0.29) is 6.04 Å². The van der Waals surface area contributed by atoms with Gasteiger partial charge in [0.05, 0.1) is 17.0 Å². The van der Waals surface area contributed by atoms with Gasteiger partial charge in [0.2, 0.25) is 0 Å². The first-order chi connectivity index (χ1) is 8.56. The molecule has 96 valence electrons. The lowest BCUT2D eigenvalue weighted by Gasteiger charge is -2.20. The second kappa shape index (κ2) is 4.80. The van der Waals surface area contributed by atoms with E-state index in [0.29, 0.717) is 0 Å². The molecule has 2 atom stereocenters. The Bertz CT molecular complexity index is 574. The predicted molar refractivity (Wildman–Crippen MR) is 70.6 cm³/mol. The Labute approximate surface area is 106 Å². The molecule has 0 saturated heterocycles. The molecule has 0 saturated carbocycles. The van der Waals surface area contributed by atoms with Crippen molar-refractivity contribution in [3.05, 3.63) is 30.1 Å². The van der Waals surface area contributed by atoms with Crippen molar-refractivity contribution in [1.82, 2.24) is 9.55 Å². The van der Waals surface area contributed by atoms with Crippen molar-refractivity contribution in [3.8, 4) is 0 Å². The number of para-hydroxylation sites is 2. The van der Waals surface area contributed by atoms with E-state index in [0.717, 1.165) is 23.3 Å². The number of hydrogen-bond donors (Lipinski definition) is 1. The first kappa shape index (κ1) is 12.6. The summed E-state index contributed by atoms with van der Waals surface area (Å²) in [4.78, 5) is 15.7. The highest BCUT2D eigenvalue weighted by atomic mass is 16.4. The number of aliphatic carboxylic acids is 1. The Morgan fingerprint density at radius 2 is 2.06 bits per heavy atom. The van der Waals surface area contributed by atoms with E-state index in [1.807, 2.05) is 42.7 Å². The van der Waals surface area contributed by atoms with Gasteiger partial charge in [0.15, 0.2) is 0 Å². The Morgan fingerprint density at radius 1 is 1.39 bits per heavy atom. The van der Waals surface area contributed by atoms with Crippen LogP contribution in [0, 0.1) is 5.92 Å². The molecule has 1 N–H and O–H groups in total. The SMILES string of the molecule is CCc1nc2ccccc2n1C(C)C(C)C(=O)O. The maximum absolute atomic E-state index is 11.1. The molecule has 0 radical (unpaired) electrons. The molecule has 2 unspecified atom stereocenters. The van der Waals surface area contributed by atoms with E-state index in [2.05, 4.69) is 4.98 Å². The molecule has 1 aromatic heterocycles. The zero-order valence-corrected chi connectivity index (χ0v) is 10.9. The molecular formula is C14H18N2O2. The van der Waals surface area contributed by atoms with Crippen LogP contribution < -0.4 is 0 Å². The van der Waals surface area contributed by atoms with E-state index < -0.39 is 11.9 Å². The van der Waals surface area contributed by atoms with Gasteiger partial charge in [-0.3, -0.25) is 4.79 Å². The minimum Gasteiger partial charge on any atom is -0.481 e. The van der Waals surface area contributed by atoms with Crippen LogP contribution in [0.3, 0.4) is 0 Å². The maximum atomic E-state index is 11.1. The van der Waals surface area contributed by atoms with Crippen molar-refractivity contribution in [2.75, 3.05) is 0 Å². The number of benzene rings is 1. The van der Waals surface area contributed by atoms with Gasteiger partial charge in [-0.05, 0) is 26.0 Å². The van der Waals surface area contributed by atoms with Gasteiger partial charge >= 0.3 is 5.97 Å². The maximum Gasteiger partial charge on any atom is 0.308 e. The fourth-order valence-corrected chi connectivity index (χ4v) is 2.23. The lowest BCUT2D eigenvalue weighted by molar-refractivity contribution is -0.142. The summed E-state index contributed by atoms with van der Waals surface area (Å²) >= 11 is 0. The van der Waals surface area contributed by atoms with Crippen LogP contribution in [0.2, 0.25) is 0 Å². The number of hydrogen-bond acceptors (Lipinski definition) is 2. The van der Waals surface area contributed by atoms with Gasteiger partial charge in [-0.1, -0.05) is 19.1 Å². The van der Waals surface area contributed by atoms with Crippen molar-refractivity contribution in [1.29, 1.82) is 0 Å². The van der Waals surface area contributed by atoms with Crippen LogP contribution in [0.25, 0.3) is 11.0 Å². The standard InChI is InChI=1S/C14H18N2O2/c1-4-13-15-11-7-5-6-8-12(11)16(13)10(3)9(2)14(17)18/h5-10H,4H2,1-3H3,(H,17,18). The van der Waals surface area contributed by atoms with E-state index >= 15 is 0 Å². The summed E-state index contributed by atoms with van der Waals surface area (Å²) in [6, 6.07) is 7.75. The van der Waals surface area contributed by atoms with Crippen LogP contribution >= 0.6 is 0 Å². The third kappa shape index (κ3) is 1.98. The van der Waals surface area contributed by atoms with Crippen LogP contribution in [0.1, 0.15) is 32.6 Å². The lowest BCUT2D eigenvalue weighted by atomic mass is 10.0. The monoisotopic (exact) mass is 246 g/mol. The van der Waals surface area contributed by atoms with Crippen LogP contribution in [0.4, 0.5) is 0 Å². The van der Waals surface area contributed by atoms with Crippen molar-refractivity contribution < 1.29 is 9.90 Å². The summed E-state index contributed by atoms with van der Waals surface area (Å²) in [6.07, 6.45) is 0.797. The first-order valence-corrected chi connectivity index (χ1v) is 6.25. The summed E-state index contributed by atoms with van der Waals surface area (Å²) in [5.74, 6) is -0.271. The molecule has 0 aliphatic rings. The van der Waals surface area contributed by atoms with E-state index in [1.54, 1.807) is 6.92 Å². The smallest absolute Gasteiger partial charge is 0.308 e. The van der Waals surface area contributed by atoms with Gasteiger partial charge in [0.1, 0.15) is 5.82 Å². The van der Waals surface area contributed by atoms with Gasteiger partial charge in [-0.15, -0.1) is 0 Å². The molecule has 0 aliphatic carbocycles. The molecule has 0 amide bonds. The van der Waals surface area contributed by atoms with Gasteiger partial charge in [-0.25, -0.2) is 4.98 Å². The topological polar surface area (TPSA) is 55.1 Å². The number of imidazole rings is 1. The van der Waals surface area contributed by atoms with Crippen molar-refractivity contribution >= 4 is 17.0 Å². The summed E-state index contributed by atoms with van der Waals surface area (Å²) in [7, 11) is 0. The molecule has 1 heterocycles. The third-order valence-corrected chi connectivity index (χ3v) is 3.51. The molecule has 18 heavy (non-hydrogen) atoms. The minimum absolute atomic E-state index is 0.107. The fourth-order valence-electron chi connectivity index (χ4n) is 2.23. The number of aryl methyl sites for hydroxylation is 1. The zero-order valence-electron chi connectivity index (χ0n) is 10.9. The fraction of sp³-hybridized carbons (Fsp3) is 0.429. The van der Waals surface area contributed by atoms with Crippen LogP contribution in [-0.4, -0.2) is 20.6 Å². The second-order valence-electron chi connectivity index (χ2n) is 4.61. The van der Waals surface area contributed by atoms with E-state index in [1.165, 1.54) is 0 Å². The minimum atomic E-state index is -0.776. The second-order valence-corrected chi connectivity index (χ2v) is 4.61. The number of fused-ring (bicyclic) bond motifs is 1. The molecule has 0 fully saturated rings. The molecular weight excluding hydrogens is 228 g/mol. The molecule has 0 aliphatic heterocycles. The number of carboxylic acid groups (broad SMARTS) is 1. The molecule has 4 heteroatoms. The van der Waals surface area contributed by atoms with Crippen LogP contribution in [0.5, 0.6) is 0 Å². The van der Waals surface area contributed by atoms with Crippen molar-refractivity contribution in [2.24, 2.45) is 5.92 Å². The number of carboxylic acids is 1. The quantitative estimate of drug-likeness (QED) is 0.902. The highest BCUT2D eigenvalue weighted by Gasteiger charge is 2.24. The summed E-state index contributed by atoms with van der Waals surface area (Å²) in [5, 5.41) is 9.15. The summed E-state index contributed by atoms with van der Waals surface area (Å²) in [6.45, 7) is 5.71. The average molecular weight is 246 g/mol. The Balaban J connectivity index is 2.57. The largest absolute Gasteiger partial charge is 0.481 e. The van der Waals surface area contributed by atoms with Gasteiger partial charge in [-0.2, -0.15) is 0 Å². The Morgan fingerprint density at radius 3 is 2.67 bits per heavy atom.